The fourth-order valence-electron chi connectivity index (χ4n) is 5.27. The molecule has 0 atom stereocenters. The molecule has 1 saturated heterocycles. The lowest BCUT2D eigenvalue weighted by molar-refractivity contribution is -0.122. The summed E-state index contributed by atoms with van der Waals surface area (Å²) in [5.74, 6) is -0.336. The molecule has 10 heteroatoms. The lowest BCUT2D eigenvalue weighted by Gasteiger charge is -2.36. The van der Waals surface area contributed by atoms with Crippen molar-refractivity contribution in [2.45, 2.75) is 57.8 Å². The number of hydrogen-bond acceptors (Lipinski definition) is 6. The topological polar surface area (TPSA) is 70.2 Å². The van der Waals surface area contributed by atoms with Gasteiger partial charge in [0, 0.05) is 32.6 Å². The third-order valence-corrected chi connectivity index (χ3v) is 8.72. The van der Waals surface area contributed by atoms with E-state index in [0.29, 0.717) is 22.2 Å². The first-order valence-corrected chi connectivity index (χ1v) is 15.8. The van der Waals surface area contributed by atoms with Crippen LogP contribution in [0.15, 0.2) is 36.4 Å². The van der Waals surface area contributed by atoms with Crippen LogP contribution in [-0.4, -0.2) is 58.2 Å². The summed E-state index contributed by atoms with van der Waals surface area (Å²) in [6.07, 6.45) is 5.89. The van der Waals surface area contributed by atoms with Gasteiger partial charge in [-0.3, -0.25) is 9.69 Å². The zero-order valence-corrected chi connectivity index (χ0v) is 24.7. The quantitative estimate of drug-likeness (QED) is 0.347. The van der Waals surface area contributed by atoms with Crippen molar-refractivity contribution >= 4 is 50.6 Å². The van der Waals surface area contributed by atoms with Crippen molar-refractivity contribution < 1.29 is 17.5 Å². The highest BCUT2D eigenvalue weighted by Gasteiger charge is 2.35. The number of amides is 1. The third-order valence-electron chi connectivity index (χ3n) is 7.49. The molecule has 0 radical (unpaired) electrons. The van der Waals surface area contributed by atoms with E-state index in [-0.39, 0.29) is 17.7 Å². The van der Waals surface area contributed by atoms with Gasteiger partial charge in [-0.2, -0.15) is 13.5 Å². The van der Waals surface area contributed by atoms with Crippen molar-refractivity contribution in [3.8, 4) is 0 Å². The highest BCUT2D eigenvalue weighted by atomic mass is 35.5. The van der Waals surface area contributed by atoms with Crippen LogP contribution in [0.25, 0.3) is 0 Å². The number of fused-ring (bicyclic) bond motifs is 1. The van der Waals surface area contributed by atoms with Crippen molar-refractivity contribution in [2.24, 2.45) is 0 Å². The molecule has 208 valence electrons. The number of unbranched alkanes of at least 4 members (excludes halogenated alkanes) is 2. The summed E-state index contributed by atoms with van der Waals surface area (Å²) in [4.78, 5) is 17.5. The Morgan fingerprint density at radius 1 is 0.974 bits per heavy atom. The van der Waals surface area contributed by atoms with E-state index in [0.717, 1.165) is 86.5 Å². The van der Waals surface area contributed by atoms with Gasteiger partial charge in [0.05, 0.1) is 27.7 Å². The molecule has 2 aliphatic heterocycles. The van der Waals surface area contributed by atoms with Crippen molar-refractivity contribution in [1.82, 2.24) is 4.90 Å². The number of rotatable bonds is 9. The van der Waals surface area contributed by atoms with E-state index in [2.05, 4.69) is 29.7 Å². The average Bonchev–Trinajstić information content (AvgIpc) is 2.95. The summed E-state index contributed by atoms with van der Waals surface area (Å²) in [6, 6.07) is 11.8. The van der Waals surface area contributed by atoms with Crippen LogP contribution in [-0.2, 0) is 31.0 Å². The van der Waals surface area contributed by atoms with E-state index in [4.69, 9.17) is 27.5 Å². The first-order chi connectivity index (χ1) is 17.9. The van der Waals surface area contributed by atoms with Gasteiger partial charge in [0.15, 0.2) is 0 Å². The van der Waals surface area contributed by atoms with Gasteiger partial charge in [-0.1, -0.05) is 61.7 Å². The molecule has 1 fully saturated rings. The van der Waals surface area contributed by atoms with Crippen LogP contribution < -0.4 is 9.96 Å². The van der Waals surface area contributed by atoms with E-state index in [1.165, 1.54) is 0 Å². The van der Waals surface area contributed by atoms with Gasteiger partial charge in [0.2, 0.25) is 0 Å². The number of carbonyl (C=O) groups excluding carboxylic acids is 1. The second kappa shape index (κ2) is 12.1. The minimum Gasteiger partial charge on any atom is -0.368 e. The highest BCUT2D eigenvalue weighted by Crippen LogP contribution is 2.40. The van der Waals surface area contributed by atoms with Gasteiger partial charge in [0.1, 0.15) is 0 Å². The number of aryl methyl sites for hydroxylation is 1. The smallest absolute Gasteiger partial charge is 0.285 e. The Bertz CT molecular complexity index is 1260. The van der Waals surface area contributed by atoms with Gasteiger partial charge in [-0.25, -0.2) is 0 Å². The maximum absolute atomic E-state index is 12.8. The van der Waals surface area contributed by atoms with Gasteiger partial charge in [-0.15, -0.1) is 4.28 Å². The molecule has 4 rings (SSSR count). The molecule has 2 aliphatic rings. The van der Waals surface area contributed by atoms with Crippen molar-refractivity contribution in [3.05, 3.63) is 57.6 Å². The molecular formula is C28H37Cl2N3O4S. The zero-order chi connectivity index (χ0) is 27.5. The zero-order valence-electron chi connectivity index (χ0n) is 22.4. The van der Waals surface area contributed by atoms with Crippen LogP contribution in [0.2, 0.25) is 10.0 Å². The fourth-order valence-corrected chi connectivity index (χ4v) is 6.12. The number of hydroxylamine groups is 1. The maximum Gasteiger partial charge on any atom is 0.285 e. The van der Waals surface area contributed by atoms with Crippen LogP contribution in [0.1, 0.15) is 57.1 Å². The molecular weight excluding hydrogens is 545 g/mol. The Labute approximate surface area is 236 Å². The molecule has 0 aliphatic carbocycles. The van der Waals surface area contributed by atoms with E-state index in [1.54, 1.807) is 0 Å². The number of anilines is 2. The first-order valence-electron chi connectivity index (χ1n) is 13.2. The van der Waals surface area contributed by atoms with Crippen molar-refractivity contribution in [2.75, 3.05) is 48.9 Å². The minimum absolute atomic E-state index is 0.229. The predicted molar refractivity (Wildman–Crippen MR) is 155 cm³/mol. The molecule has 38 heavy (non-hydrogen) atoms. The minimum atomic E-state index is -3.84. The third kappa shape index (κ3) is 7.21. The number of carbonyl (C=O) groups is 1. The second-order valence-electron chi connectivity index (χ2n) is 10.9. The molecule has 0 bridgehead atoms. The summed E-state index contributed by atoms with van der Waals surface area (Å²) in [7, 11) is -3.84. The van der Waals surface area contributed by atoms with Gasteiger partial charge in [0.25, 0.3) is 16.0 Å². The van der Waals surface area contributed by atoms with Crippen molar-refractivity contribution in [1.29, 1.82) is 0 Å². The molecule has 0 saturated carbocycles. The van der Waals surface area contributed by atoms with Crippen LogP contribution in [0.5, 0.6) is 0 Å². The Morgan fingerprint density at radius 3 is 2.42 bits per heavy atom. The van der Waals surface area contributed by atoms with E-state index < -0.39 is 10.1 Å². The molecule has 0 N–H and O–H groups in total. The van der Waals surface area contributed by atoms with Gasteiger partial charge >= 0.3 is 0 Å². The van der Waals surface area contributed by atoms with Crippen LogP contribution in [0.4, 0.5) is 11.4 Å². The number of nitrogens with zero attached hydrogens (tertiary/aromatic N) is 3. The standard InChI is InChI=1S/C28H37Cl2N3O4S/c1-28(2)14-13-26(34)33(37-38(3,35)36)25-20-21(11-12-22(25)28)8-5-4-6-15-31-16-18-32(19-17-31)24-10-7-9-23(29)27(24)30/h7,9-12,20H,4-6,8,13-19H2,1-3H3. The number of hydrogen-bond donors (Lipinski definition) is 0. The summed E-state index contributed by atoms with van der Waals surface area (Å²) < 4.78 is 28.9. The number of halogens is 2. The van der Waals surface area contributed by atoms with Crippen molar-refractivity contribution in [3.63, 3.8) is 0 Å². The monoisotopic (exact) mass is 581 g/mol. The lowest BCUT2D eigenvalue weighted by atomic mass is 9.80. The second-order valence-corrected chi connectivity index (χ2v) is 13.3. The molecule has 0 spiro atoms. The lowest BCUT2D eigenvalue weighted by Crippen LogP contribution is -2.46. The van der Waals surface area contributed by atoms with E-state index in [9.17, 15) is 13.2 Å². The van der Waals surface area contributed by atoms with E-state index in [1.807, 2.05) is 30.3 Å². The summed E-state index contributed by atoms with van der Waals surface area (Å²) in [6.45, 7) is 9.05. The highest BCUT2D eigenvalue weighted by molar-refractivity contribution is 7.86. The molecule has 2 aromatic carbocycles. The molecule has 7 nitrogen and oxygen atoms in total. The molecule has 2 heterocycles. The summed E-state index contributed by atoms with van der Waals surface area (Å²) in [5.41, 5.74) is 3.28. The maximum atomic E-state index is 12.8. The normalized spacial score (nSPS) is 18.4. The Kier molecular flexibility index (Phi) is 9.30. The van der Waals surface area contributed by atoms with Crippen LogP contribution >= 0.6 is 23.2 Å². The molecule has 1 amide bonds. The summed E-state index contributed by atoms with van der Waals surface area (Å²) in [5, 5.41) is 2.20. The Morgan fingerprint density at radius 2 is 1.71 bits per heavy atom. The average molecular weight is 583 g/mol. The molecule has 2 aromatic rings. The first kappa shape index (κ1) is 29.2. The van der Waals surface area contributed by atoms with Crippen LogP contribution in [0.3, 0.4) is 0 Å². The van der Waals surface area contributed by atoms with E-state index >= 15 is 0 Å². The fraction of sp³-hybridized carbons (Fsp3) is 0.536. The van der Waals surface area contributed by atoms with Gasteiger partial charge < -0.3 is 4.90 Å². The number of benzene rings is 2. The molecule has 0 unspecified atom stereocenters. The Hall–Kier alpha value is -1.84. The summed E-state index contributed by atoms with van der Waals surface area (Å²) >= 11 is 12.6. The molecule has 0 aromatic heterocycles. The predicted octanol–water partition coefficient (Wildman–Crippen LogP) is 5.82. The SMILES string of the molecule is CC1(C)CCC(=O)N(OS(C)(=O)=O)c2cc(CCCCCN3CCN(c4cccc(Cl)c4Cl)CC3)ccc21. The van der Waals surface area contributed by atoms with Crippen LogP contribution in [0, 0.1) is 0 Å². The Balaban J connectivity index is 1.29. The number of piperazine rings is 1. The van der Waals surface area contributed by atoms with Gasteiger partial charge in [-0.05, 0) is 67.0 Å². The largest absolute Gasteiger partial charge is 0.368 e.